The average Bonchev–Trinajstić information content (AvgIpc) is 3.27. The Morgan fingerprint density at radius 3 is 2.57 bits per heavy atom. The molecule has 8 heteroatoms. The van der Waals surface area contributed by atoms with Gasteiger partial charge in [-0.2, -0.15) is 0 Å². The SMILES string of the molecule is CCC1(c2ccc(NC(=O)CCCNC(=O)c3ccco3)cc2)CCC(=O)NC1=O. The maximum atomic E-state index is 12.5. The van der Waals surface area contributed by atoms with Crippen molar-refractivity contribution in [2.45, 2.75) is 44.4 Å². The fourth-order valence-electron chi connectivity index (χ4n) is 3.61. The third-order valence-electron chi connectivity index (χ3n) is 5.40. The highest BCUT2D eigenvalue weighted by Gasteiger charge is 2.42. The van der Waals surface area contributed by atoms with Crippen LogP contribution in [0, 0.1) is 0 Å². The van der Waals surface area contributed by atoms with E-state index in [2.05, 4.69) is 16.0 Å². The zero-order valence-electron chi connectivity index (χ0n) is 16.8. The van der Waals surface area contributed by atoms with E-state index in [0.717, 1.165) is 5.56 Å². The van der Waals surface area contributed by atoms with Gasteiger partial charge in [-0.1, -0.05) is 19.1 Å². The summed E-state index contributed by atoms with van der Waals surface area (Å²) in [4.78, 5) is 47.8. The Morgan fingerprint density at radius 2 is 1.93 bits per heavy atom. The Labute approximate surface area is 174 Å². The van der Waals surface area contributed by atoms with Crippen LogP contribution in [-0.4, -0.2) is 30.2 Å². The molecule has 4 amide bonds. The Bertz CT molecular complexity index is 921. The highest BCUT2D eigenvalue weighted by molar-refractivity contribution is 6.03. The molecule has 2 heterocycles. The van der Waals surface area contributed by atoms with Crippen molar-refractivity contribution in [3.63, 3.8) is 0 Å². The molecule has 0 spiro atoms. The van der Waals surface area contributed by atoms with E-state index in [-0.39, 0.29) is 35.8 Å². The predicted octanol–water partition coefficient (Wildman–Crippen LogP) is 2.51. The summed E-state index contributed by atoms with van der Waals surface area (Å²) in [6.45, 7) is 2.29. The highest BCUT2D eigenvalue weighted by Crippen LogP contribution is 2.36. The van der Waals surface area contributed by atoms with E-state index in [0.29, 0.717) is 37.9 Å². The zero-order chi connectivity index (χ0) is 21.6. The zero-order valence-corrected chi connectivity index (χ0v) is 16.8. The Hall–Kier alpha value is -3.42. The van der Waals surface area contributed by atoms with Crippen LogP contribution < -0.4 is 16.0 Å². The van der Waals surface area contributed by atoms with Crippen LogP contribution in [-0.2, 0) is 19.8 Å². The van der Waals surface area contributed by atoms with E-state index in [1.54, 1.807) is 24.3 Å². The number of benzene rings is 1. The van der Waals surface area contributed by atoms with Gasteiger partial charge in [0.25, 0.3) is 5.91 Å². The van der Waals surface area contributed by atoms with Crippen LogP contribution in [0.5, 0.6) is 0 Å². The second-order valence-corrected chi connectivity index (χ2v) is 7.28. The molecule has 3 rings (SSSR count). The van der Waals surface area contributed by atoms with Crippen LogP contribution in [0.2, 0.25) is 0 Å². The fraction of sp³-hybridized carbons (Fsp3) is 0.364. The first-order valence-corrected chi connectivity index (χ1v) is 10.0. The topological polar surface area (TPSA) is 118 Å². The second-order valence-electron chi connectivity index (χ2n) is 7.28. The lowest BCUT2D eigenvalue weighted by atomic mass is 9.72. The van der Waals surface area contributed by atoms with E-state index in [1.165, 1.54) is 6.26 Å². The molecule has 1 aliphatic heterocycles. The van der Waals surface area contributed by atoms with Crippen LogP contribution in [0.25, 0.3) is 0 Å². The lowest BCUT2D eigenvalue weighted by Crippen LogP contribution is -2.51. The van der Waals surface area contributed by atoms with Crippen molar-refractivity contribution in [1.82, 2.24) is 10.6 Å². The molecule has 0 aliphatic carbocycles. The standard InChI is InChI=1S/C22H25N3O5/c1-2-22(12-11-19(27)25-21(22)29)15-7-9-16(10-8-15)24-18(26)6-3-13-23-20(28)17-5-4-14-30-17/h4-5,7-10,14H,2-3,6,11-13H2,1H3,(H,23,28)(H,24,26)(H,25,27,29). The smallest absolute Gasteiger partial charge is 0.286 e. The predicted molar refractivity (Wildman–Crippen MR) is 110 cm³/mol. The first-order valence-electron chi connectivity index (χ1n) is 10.0. The molecule has 0 saturated carbocycles. The fourth-order valence-corrected chi connectivity index (χ4v) is 3.61. The van der Waals surface area contributed by atoms with Crippen molar-refractivity contribution in [3.8, 4) is 0 Å². The highest BCUT2D eigenvalue weighted by atomic mass is 16.3. The molecule has 1 aromatic heterocycles. The molecule has 1 unspecified atom stereocenters. The maximum Gasteiger partial charge on any atom is 0.286 e. The van der Waals surface area contributed by atoms with Crippen LogP contribution in [0.15, 0.2) is 47.1 Å². The number of carbonyl (C=O) groups excluding carboxylic acids is 4. The van der Waals surface area contributed by atoms with Crippen molar-refractivity contribution in [3.05, 3.63) is 54.0 Å². The van der Waals surface area contributed by atoms with Crippen LogP contribution in [0.3, 0.4) is 0 Å². The van der Waals surface area contributed by atoms with E-state index in [9.17, 15) is 19.2 Å². The maximum absolute atomic E-state index is 12.5. The summed E-state index contributed by atoms with van der Waals surface area (Å²) >= 11 is 0. The molecular weight excluding hydrogens is 386 g/mol. The molecule has 3 N–H and O–H groups in total. The number of nitrogens with one attached hydrogen (secondary N) is 3. The van der Waals surface area contributed by atoms with Gasteiger partial charge in [-0.05, 0) is 49.1 Å². The number of imide groups is 1. The Kier molecular flexibility index (Phi) is 6.66. The molecule has 1 saturated heterocycles. The number of furan rings is 1. The third kappa shape index (κ3) is 4.76. The van der Waals surface area contributed by atoms with Gasteiger partial charge >= 0.3 is 0 Å². The minimum atomic E-state index is -0.720. The molecular formula is C22H25N3O5. The average molecular weight is 411 g/mol. The number of anilines is 1. The van der Waals surface area contributed by atoms with Gasteiger partial charge in [0.2, 0.25) is 17.7 Å². The normalized spacial score (nSPS) is 18.6. The largest absolute Gasteiger partial charge is 0.459 e. The van der Waals surface area contributed by atoms with Crippen LogP contribution in [0.4, 0.5) is 5.69 Å². The molecule has 8 nitrogen and oxygen atoms in total. The Morgan fingerprint density at radius 1 is 1.17 bits per heavy atom. The lowest BCUT2D eigenvalue weighted by molar-refractivity contribution is -0.138. The summed E-state index contributed by atoms with van der Waals surface area (Å²) in [5.41, 5.74) is 0.735. The van der Waals surface area contributed by atoms with E-state index in [1.807, 2.05) is 19.1 Å². The minimum absolute atomic E-state index is 0.166. The van der Waals surface area contributed by atoms with Crippen LogP contribution in [0.1, 0.15) is 55.1 Å². The number of rotatable bonds is 8. The summed E-state index contributed by atoms with van der Waals surface area (Å²) < 4.78 is 5.00. The second kappa shape index (κ2) is 9.39. The summed E-state index contributed by atoms with van der Waals surface area (Å²) in [6.07, 6.45) is 3.54. The van der Waals surface area contributed by atoms with Crippen molar-refractivity contribution in [1.29, 1.82) is 0 Å². The van der Waals surface area contributed by atoms with Gasteiger partial charge in [-0.3, -0.25) is 24.5 Å². The molecule has 1 aliphatic rings. The summed E-state index contributed by atoms with van der Waals surface area (Å²) in [5, 5.41) is 7.93. The number of carbonyl (C=O) groups is 4. The number of piperidine rings is 1. The molecule has 1 atom stereocenters. The van der Waals surface area contributed by atoms with Gasteiger partial charge in [0.1, 0.15) is 0 Å². The summed E-state index contributed by atoms with van der Waals surface area (Å²) in [7, 11) is 0. The first kappa shape index (κ1) is 21.3. The number of amides is 4. The minimum Gasteiger partial charge on any atom is -0.459 e. The Balaban J connectivity index is 1.49. The third-order valence-corrected chi connectivity index (χ3v) is 5.40. The molecule has 1 fully saturated rings. The van der Waals surface area contributed by atoms with Gasteiger partial charge < -0.3 is 15.1 Å². The molecule has 0 radical (unpaired) electrons. The lowest BCUT2D eigenvalue weighted by Gasteiger charge is -2.35. The molecule has 30 heavy (non-hydrogen) atoms. The van der Waals surface area contributed by atoms with E-state index >= 15 is 0 Å². The monoisotopic (exact) mass is 411 g/mol. The van der Waals surface area contributed by atoms with Crippen molar-refractivity contribution in [2.75, 3.05) is 11.9 Å². The van der Waals surface area contributed by atoms with Gasteiger partial charge in [0.15, 0.2) is 5.76 Å². The number of hydrogen-bond acceptors (Lipinski definition) is 5. The van der Waals surface area contributed by atoms with Crippen molar-refractivity contribution in [2.24, 2.45) is 0 Å². The molecule has 0 bridgehead atoms. The van der Waals surface area contributed by atoms with Gasteiger partial charge in [-0.25, -0.2) is 0 Å². The molecule has 158 valence electrons. The van der Waals surface area contributed by atoms with Gasteiger partial charge in [0.05, 0.1) is 11.7 Å². The van der Waals surface area contributed by atoms with E-state index < -0.39 is 5.41 Å². The van der Waals surface area contributed by atoms with Gasteiger partial charge in [0, 0.05) is 25.1 Å². The van der Waals surface area contributed by atoms with Crippen molar-refractivity contribution < 1.29 is 23.6 Å². The van der Waals surface area contributed by atoms with Crippen LogP contribution >= 0.6 is 0 Å². The van der Waals surface area contributed by atoms with Crippen molar-refractivity contribution >= 4 is 29.3 Å². The number of hydrogen-bond donors (Lipinski definition) is 3. The molecule has 1 aromatic carbocycles. The quantitative estimate of drug-likeness (QED) is 0.456. The van der Waals surface area contributed by atoms with Gasteiger partial charge in [-0.15, -0.1) is 0 Å². The molecule has 2 aromatic rings. The summed E-state index contributed by atoms with van der Waals surface area (Å²) in [5.74, 6) is -0.751. The summed E-state index contributed by atoms with van der Waals surface area (Å²) in [6, 6.07) is 10.4. The first-order chi connectivity index (χ1) is 14.4. The van der Waals surface area contributed by atoms with E-state index in [4.69, 9.17) is 4.42 Å².